The molecule has 0 aliphatic rings. The summed E-state index contributed by atoms with van der Waals surface area (Å²) < 4.78 is 0. The molecule has 2 unspecified atom stereocenters. The molecule has 116 valence electrons. The minimum absolute atomic E-state index is 0.313. The molecule has 0 aromatic heterocycles. The number of hydrogen-bond donors (Lipinski definition) is 1. The summed E-state index contributed by atoms with van der Waals surface area (Å²) in [5.41, 5.74) is 5.18. The lowest BCUT2D eigenvalue weighted by Crippen LogP contribution is -1.99. The topological polar surface area (TPSA) is 20.2 Å². The summed E-state index contributed by atoms with van der Waals surface area (Å²) in [7, 11) is 0. The number of benzene rings is 3. The summed E-state index contributed by atoms with van der Waals surface area (Å²) in [6.07, 6.45) is 0. The number of rotatable bonds is 4. The van der Waals surface area contributed by atoms with Crippen molar-refractivity contribution in [3.63, 3.8) is 0 Å². The zero-order valence-corrected chi connectivity index (χ0v) is 13.6. The van der Waals surface area contributed by atoms with Crippen LogP contribution in [0.15, 0.2) is 78.9 Å². The van der Waals surface area contributed by atoms with Gasteiger partial charge in [0, 0.05) is 11.8 Å². The van der Waals surface area contributed by atoms with Crippen LogP contribution in [-0.2, 0) is 0 Å². The van der Waals surface area contributed by atoms with Gasteiger partial charge in [0.2, 0.25) is 0 Å². The van der Waals surface area contributed by atoms with Crippen molar-refractivity contribution in [1.29, 1.82) is 0 Å². The molecule has 0 saturated carbocycles. The van der Waals surface area contributed by atoms with Gasteiger partial charge in [-0.15, -0.1) is 0 Å². The van der Waals surface area contributed by atoms with Crippen molar-refractivity contribution in [3.8, 4) is 5.75 Å². The van der Waals surface area contributed by atoms with Gasteiger partial charge in [0.25, 0.3) is 0 Å². The van der Waals surface area contributed by atoms with Crippen LogP contribution in [0.1, 0.15) is 47.9 Å². The molecule has 3 rings (SSSR count). The zero-order chi connectivity index (χ0) is 16.2. The SMILES string of the molecule is CC(c1ccccc1)c1ccc(C(C)c2ccc(O)cc2)cc1. The Hall–Kier alpha value is -2.54. The normalized spacial score (nSPS) is 13.5. The first-order chi connectivity index (χ1) is 11.1. The average molecular weight is 302 g/mol. The molecule has 3 aromatic rings. The second-order valence-electron chi connectivity index (χ2n) is 6.11. The molecule has 2 atom stereocenters. The summed E-state index contributed by atoms with van der Waals surface area (Å²) in [5, 5.41) is 9.41. The van der Waals surface area contributed by atoms with E-state index in [4.69, 9.17) is 0 Å². The van der Waals surface area contributed by atoms with Gasteiger partial charge in [-0.25, -0.2) is 0 Å². The van der Waals surface area contributed by atoms with E-state index in [1.165, 1.54) is 22.3 Å². The Bertz CT molecular complexity index is 742. The number of phenolic OH excluding ortho intramolecular Hbond substituents is 1. The molecule has 3 aromatic carbocycles. The summed E-state index contributed by atoms with van der Waals surface area (Å²) in [6, 6.07) is 26.9. The zero-order valence-electron chi connectivity index (χ0n) is 13.6. The lowest BCUT2D eigenvalue weighted by molar-refractivity contribution is 0.475. The molecule has 0 amide bonds. The fraction of sp³-hybridized carbons (Fsp3) is 0.182. The van der Waals surface area contributed by atoms with Crippen LogP contribution in [0.5, 0.6) is 5.75 Å². The van der Waals surface area contributed by atoms with E-state index < -0.39 is 0 Å². The predicted molar refractivity (Wildman–Crippen MR) is 96.0 cm³/mol. The molecule has 1 heteroatoms. The van der Waals surface area contributed by atoms with Gasteiger partial charge in [-0.3, -0.25) is 0 Å². The first kappa shape index (κ1) is 15.4. The van der Waals surface area contributed by atoms with Crippen LogP contribution in [-0.4, -0.2) is 5.11 Å². The molecule has 0 saturated heterocycles. The Labute approximate surface area is 138 Å². The maximum atomic E-state index is 9.41. The van der Waals surface area contributed by atoms with Gasteiger partial charge < -0.3 is 5.11 Å². The molecule has 1 nitrogen and oxygen atoms in total. The fourth-order valence-electron chi connectivity index (χ4n) is 2.96. The summed E-state index contributed by atoms with van der Waals surface area (Å²) in [5.74, 6) is 1.03. The summed E-state index contributed by atoms with van der Waals surface area (Å²) in [4.78, 5) is 0. The molecule has 0 aliphatic heterocycles. The smallest absolute Gasteiger partial charge is 0.115 e. The Morgan fingerprint density at radius 2 is 0.870 bits per heavy atom. The van der Waals surface area contributed by atoms with Crippen LogP contribution in [0.25, 0.3) is 0 Å². The summed E-state index contributed by atoms with van der Waals surface area (Å²) in [6.45, 7) is 4.44. The van der Waals surface area contributed by atoms with E-state index in [-0.39, 0.29) is 0 Å². The lowest BCUT2D eigenvalue weighted by atomic mass is 9.89. The van der Waals surface area contributed by atoms with Crippen molar-refractivity contribution in [2.75, 3.05) is 0 Å². The van der Waals surface area contributed by atoms with E-state index in [1.807, 2.05) is 12.1 Å². The number of aromatic hydroxyl groups is 1. The molecular formula is C22H22O. The van der Waals surface area contributed by atoms with E-state index in [0.717, 1.165) is 0 Å². The van der Waals surface area contributed by atoms with E-state index >= 15 is 0 Å². The van der Waals surface area contributed by atoms with Crippen LogP contribution in [0.2, 0.25) is 0 Å². The van der Waals surface area contributed by atoms with E-state index in [1.54, 1.807) is 12.1 Å². The van der Waals surface area contributed by atoms with Crippen molar-refractivity contribution in [1.82, 2.24) is 0 Å². The Morgan fingerprint density at radius 1 is 0.522 bits per heavy atom. The molecule has 0 spiro atoms. The maximum Gasteiger partial charge on any atom is 0.115 e. The largest absolute Gasteiger partial charge is 0.508 e. The highest BCUT2D eigenvalue weighted by atomic mass is 16.3. The molecule has 0 heterocycles. The van der Waals surface area contributed by atoms with Gasteiger partial charge in [0.1, 0.15) is 5.75 Å². The van der Waals surface area contributed by atoms with Crippen LogP contribution < -0.4 is 0 Å². The van der Waals surface area contributed by atoms with Crippen LogP contribution >= 0.6 is 0 Å². The predicted octanol–water partition coefficient (Wildman–Crippen LogP) is 5.70. The number of phenols is 1. The molecular weight excluding hydrogens is 280 g/mol. The summed E-state index contributed by atoms with van der Waals surface area (Å²) >= 11 is 0. The minimum atomic E-state index is 0.313. The quantitative estimate of drug-likeness (QED) is 0.656. The van der Waals surface area contributed by atoms with Gasteiger partial charge in [-0.2, -0.15) is 0 Å². The van der Waals surface area contributed by atoms with E-state index in [2.05, 4.69) is 68.4 Å². The van der Waals surface area contributed by atoms with Gasteiger partial charge in [0.05, 0.1) is 0 Å². The van der Waals surface area contributed by atoms with Gasteiger partial charge >= 0.3 is 0 Å². The highest BCUT2D eigenvalue weighted by Crippen LogP contribution is 2.29. The van der Waals surface area contributed by atoms with Gasteiger partial charge in [-0.1, -0.05) is 80.6 Å². The van der Waals surface area contributed by atoms with Crippen molar-refractivity contribution < 1.29 is 5.11 Å². The van der Waals surface area contributed by atoms with Crippen molar-refractivity contribution in [3.05, 3.63) is 101 Å². The maximum absolute atomic E-state index is 9.41. The van der Waals surface area contributed by atoms with Crippen LogP contribution in [0, 0.1) is 0 Å². The highest BCUT2D eigenvalue weighted by Gasteiger charge is 2.11. The standard InChI is InChI=1S/C22H22O/c1-16(18-6-4-3-5-7-18)19-8-10-20(11-9-19)17(2)21-12-14-22(23)15-13-21/h3-17,23H,1-2H3. The van der Waals surface area contributed by atoms with Crippen molar-refractivity contribution in [2.45, 2.75) is 25.7 Å². The number of hydrogen-bond acceptors (Lipinski definition) is 1. The fourth-order valence-corrected chi connectivity index (χ4v) is 2.96. The van der Waals surface area contributed by atoms with Crippen LogP contribution in [0.3, 0.4) is 0 Å². The third-order valence-electron chi connectivity index (χ3n) is 4.63. The molecule has 0 fully saturated rings. The van der Waals surface area contributed by atoms with Crippen LogP contribution in [0.4, 0.5) is 0 Å². The van der Waals surface area contributed by atoms with Gasteiger partial charge in [-0.05, 0) is 34.4 Å². The van der Waals surface area contributed by atoms with Crippen molar-refractivity contribution in [2.24, 2.45) is 0 Å². The molecule has 23 heavy (non-hydrogen) atoms. The van der Waals surface area contributed by atoms with E-state index in [9.17, 15) is 5.11 Å². The van der Waals surface area contributed by atoms with Crippen molar-refractivity contribution >= 4 is 0 Å². The third kappa shape index (κ3) is 3.45. The molecule has 0 aliphatic carbocycles. The minimum Gasteiger partial charge on any atom is -0.508 e. The Morgan fingerprint density at radius 3 is 1.30 bits per heavy atom. The first-order valence-electron chi connectivity index (χ1n) is 8.09. The third-order valence-corrected chi connectivity index (χ3v) is 4.63. The average Bonchev–Trinajstić information content (AvgIpc) is 2.62. The highest BCUT2D eigenvalue weighted by molar-refractivity contribution is 5.38. The first-order valence-corrected chi connectivity index (χ1v) is 8.09. The molecule has 1 N–H and O–H groups in total. The lowest BCUT2D eigenvalue weighted by Gasteiger charge is -2.16. The second kappa shape index (κ2) is 6.70. The van der Waals surface area contributed by atoms with Gasteiger partial charge in [0.15, 0.2) is 0 Å². The Balaban J connectivity index is 1.80. The monoisotopic (exact) mass is 302 g/mol. The van der Waals surface area contributed by atoms with E-state index in [0.29, 0.717) is 17.6 Å². The molecule has 0 bridgehead atoms. The Kier molecular flexibility index (Phi) is 4.47. The molecule has 0 radical (unpaired) electrons. The second-order valence-corrected chi connectivity index (χ2v) is 6.11.